The monoisotopic (exact) mass is 419 g/mol. The molecule has 2 aliphatic rings. The van der Waals surface area contributed by atoms with E-state index >= 15 is 0 Å². The summed E-state index contributed by atoms with van der Waals surface area (Å²) in [5, 5.41) is 4.90. The van der Waals surface area contributed by atoms with Crippen LogP contribution in [-0.4, -0.2) is 41.7 Å². The van der Waals surface area contributed by atoms with Crippen LogP contribution >= 0.6 is 0 Å². The molecule has 0 amide bonds. The molecular formula is C26H33N3O2. The Hall–Kier alpha value is -2.53. The topological polar surface area (TPSA) is 50.5 Å². The van der Waals surface area contributed by atoms with Gasteiger partial charge in [0.1, 0.15) is 17.2 Å². The molecule has 0 atom stereocenters. The molecule has 0 radical (unpaired) electrons. The smallest absolute Gasteiger partial charge is 0.153 e. The minimum absolute atomic E-state index is 0.00661. The molecule has 0 spiro atoms. The third-order valence-electron chi connectivity index (χ3n) is 6.51. The molecule has 1 saturated heterocycles. The second-order valence-corrected chi connectivity index (χ2v) is 9.80. The minimum atomic E-state index is -0.00661. The SMILES string of the molecule is Cc1ccc(-c2nc3cc(OCCCN4CCCC4)c(C)cc3c3c2CC(C)(C)N3)o1. The highest BCUT2D eigenvalue weighted by molar-refractivity contribution is 5.98. The van der Waals surface area contributed by atoms with Crippen LogP contribution in [0.3, 0.4) is 0 Å². The first kappa shape index (κ1) is 20.4. The first-order chi connectivity index (χ1) is 14.9. The number of aromatic nitrogens is 1. The van der Waals surface area contributed by atoms with Crippen molar-refractivity contribution < 1.29 is 9.15 Å². The maximum atomic E-state index is 6.20. The highest BCUT2D eigenvalue weighted by Gasteiger charge is 2.33. The number of fused-ring (bicyclic) bond motifs is 3. The van der Waals surface area contributed by atoms with E-state index in [1.54, 1.807) is 0 Å². The summed E-state index contributed by atoms with van der Waals surface area (Å²) in [5.41, 5.74) is 5.47. The van der Waals surface area contributed by atoms with Gasteiger partial charge in [-0.05, 0) is 90.2 Å². The number of anilines is 1. The van der Waals surface area contributed by atoms with Gasteiger partial charge in [0.2, 0.25) is 0 Å². The van der Waals surface area contributed by atoms with Gasteiger partial charge in [-0.25, -0.2) is 4.98 Å². The summed E-state index contributed by atoms with van der Waals surface area (Å²) in [7, 11) is 0. The number of pyridine rings is 1. The molecule has 3 aromatic rings. The van der Waals surface area contributed by atoms with Crippen LogP contribution in [0.4, 0.5) is 5.69 Å². The fraction of sp³-hybridized carbons (Fsp3) is 0.500. The van der Waals surface area contributed by atoms with Crippen molar-refractivity contribution in [2.45, 2.75) is 58.9 Å². The summed E-state index contributed by atoms with van der Waals surface area (Å²) in [6, 6.07) is 8.36. The zero-order valence-corrected chi connectivity index (χ0v) is 19.2. The van der Waals surface area contributed by atoms with Gasteiger partial charge >= 0.3 is 0 Å². The molecule has 0 aliphatic carbocycles. The maximum absolute atomic E-state index is 6.20. The fourth-order valence-electron chi connectivity index (χ4n) is 4.98. The molecule has 1 N–H and O–H groups in total. The lowest BCUT2D eigenvalue weighted by molar-refractivity contribution is 0.262. The summed E-state index contributed by atoms with van der Waals surface area (Å²) in [6.45, 7) is 12.9. The third kappa shape index (κ3) is 4.03. The predicted octanol–water partition coefficient (Wildman–Crippen LogP) is 5.72. The van der Waals surface area contributed by atoms with Crippen LogP contribution < -0.4 is 10.1 Å². The van der Waals surface area contributed by atoms with Gasteiger partial charge in [0, 0.05) is 34.8 Å². The zero-order chi connectivity index (χ0) is 21.6. The Morgan fingerprint density at radius 1 is 1.16 bits per heavy atom. The second kappa shape index (κ2) is 7.86. The average Bonchev–Trinajstić information content (AvgIpc) is 3.45. The number of likely N-dealkylation sites (tertiary alicyclic amines) is 1. The van der Waals surface area contributed by atoms with Crippen LogP contribution in [0.5, 0.6) is 5.75 Å². The lowest BCUT2D eigenvalue weighted by Crippen LogP contribution is -2.27. The summed E-state index contributed by atoms with van der Waals surface area (Å²) >= 11 is 0. The van der Waals surface area contributed by atoms with Gasteiger partial charge in [0.25, 0.3) is 0 Å². The first-order valence-electron chi connectivity index (χ1n) is 11.6. The number of benzene rings is 1. The van der Waals surface area contributed by atoms with E-state index in [1.807, 2.05) is 19.1 Å². The minimum Gasteiger partial charge on any atom is -0.493 e. The number of rotatable bonds is 6. The van der Waals surface area contributed by atoms with Crippen molar-refractivity contribution in [1.82, 2.24) is 9.88 Å². The van der Waals surface area contributed by atoms with E-state index in [0.29, 0.717) is 0 Å². The highest BCUT2D eigenvalue weighted by Crippen LogP contribution is 2.43. The Bertz CT molecular complexity index is 1110. The number of hydrogen-bond acceptors (Lipinski definition) is 5. The highest BCUT2D eigenvalue weighted by atomic mass is 16.5. The van der Waals surface area contributed by atoms with Crippen LogP contribution in [0.25, 0.3) is 22.4 Å². The van der Waals surface area contributed by atoms with Crippen LogP contribution in [0, 0.1) is 13.8 Å². The molecule has 2 aliphatic heterocycles. The molecule has 31 heavy (non-hydrogen) atoms. The molecule has 2 aromatic heterocycles. The van der Waals surface area contributed by atoms with Gasteiger partial charge in [-0.15, -0.1) is 0 Å². The van der Waals surface area contributed by atoms with Gasteiger partial charge in [-0.2, -0.15) is 0 Å². The molecule has 5 rings (SSSR count). The Labute approximate surface area is 184 Å². The largest absolute Gasteiger partial charge is 0.493 e. The van der Waals surface area contributed by atoms with Crippen molar-refractivity contribution in [3.63, 3.8) is 0 Å². The van der Waals surface area contributed by atoms with Crippen molar-refractivity contribution >= 4 is 16.6 Å². The Morgan fingerprint density at radius 2 is 1.97 bits per heavy atom. The van der Waals surface area contributed by atoms with Crippen molar-refractivity contribution in [1.29, 1.82) is 0 Å². The van der Waals surface area contributed by atoms with Gasteiger partial charge in [-0.3, -0.25) is 0 Å². The van der Waals surface area contributed by atoms with E-state index in [0.717, 1.165) is 65.4 Å². The summed E-state index contributed by atoms with van der Waals surface area (Å²) in [5.74, 6) is 2.67. The Kier molecular flexibility index (Phi) is 5.17. The molecule has 0 bridgehead atoms. The lowest BCUT2D eigenvalue weighted by Gasteiger charge is -2.19. The van der Waals surface area contributed by atoms with E-state index in [2.05, 4.69) is 43.1 Å². The number of furan rings is 1. The van der Waals surface area contributed by atoms with Crippen LogP contribution in [-0.2, 0) is 6.42 Å². The molecule has 1 aromatic carbocycles. The molecule has 1 fully saturated rings. The van der Waals surface area contributed by atoms with Crippen molar-refractivity contribution in [2.24, 2.45) is 0 Å². The van der Waals surface area contributed by atoms with Gasteiger partial charge in [0.15, 0.2) is 5.76 Å². The first-order valence-corrected chi connectivity index (χ1v) is 11.6. The maximum Gasteiger partial charge on any atom is 0.153 e. The van der Waals surface area contributed by atoms with E-state index in [-0.39, 0.29) is 5.54 Å². The predicted molar refractivity (Wildman–Crippen MR) is 126 cm³/mol. The fourth-order valence-corrected chi connectivity index (χ4v) is 4.98. The zero-order valence-electron chi connectivity index (χ0n) is 19.2. The van der Waals surface area contributed by atoms with E-state index < -0.39 is 0 Å². The molecule has 5 heteroatoms. The van der Waals surface area contributed by atoms with Gasteiger partial charge in [-0.1, -0.05) is 0 Å². The lowest BCUT2D eigenvalue weighted by atomic mass is 9.97. The van der Waals surface area contributed by atoms with Gasteiger partial charge < -0.3 is 19.4 Å². The molecule has 5 nitrogen and oxygen atoms in total. The van der Waals surface area contributed by atoms with Crippen molar-refractivity contribution in [3.8, 4) is 17.2 Å². The van der Waals surface area contributed by atoms with Gasteiger partial charge in [0.05, 0.1) is 12.1 Å². The van der Waals surface area contributed by atoms with E-state index in [4.69, 9.17) is 14.1 Å². The summed E-state index contributed by atoms with van der Waals surface area (Å²) < 4.78 is 12.2. The van der Waals surface area contributed by atoms with Crippen molar-refractivity contribution in [2.75, 3.05) is 31.6 Å². The van der Waals surface area contributed by atoms with E-state index in [1.165, 1.54) is 37.2 Å². The number of nitrogens with zero attached hydrogens (tertiary/aromatic N) is 2. The Balaban J connectivity index is 1.47. The quantitative estimate of drug-likeness (QED) is 0.518. The van der Waals surface area contributed by atoms with Crippen LogP contribution in [0.1, 0.15) is 50.0 Å². The normalized spacial score (nSPS) is 17.8. The van der Waals surface area contributed by atoms with Crippen LogP contribution in [0.15, 0.2) is 28.7 Å². The summed E-state index contributed by atoms with van der Waals surface area (Å²) in [4.78, 5) is 7.60. The molecular weight excluding hydrogens is 386 g/mol. The number of hydrogen-bond donors (Lipinski definition) is 1. The molecule has 0 unspecified atom stereocenters. The molecule has 164 valence electrons. The van der Waals surface area contributed by atoms with E-state index in [9.17, 15) is 0 Å². The molecule has 0 saturated carbocycles. The number of ether oxygens (including phenoxy) is 1. The standard InChI is InChI=1S/C26H33N3O2/c1-17-14-19-21(15-23(17)30-13-7-12-29-10-5-6-11-29)27-25(22-9-8-18(2)31-22)20-16-26(3,4)28-24(19)20/h8-9,14-15,28H,5-7,10-13,16H2,1-4H3. The Morgan fingerprint density at radius 3 is 2.71 bits per heavy atom. The van der Waals surface area contributed by atoms with Crippen molar-refractivity contribution in [3.05, 3.63) is 41.2 Å². The molecule has 4 heterocycles. The second-order valence-electron chi connectivity index (χ2n) is 9.80. The average molecular weight is 420 g/mol. The summed E-state index contributed by atoms with van der Waals surface area (Å²) in [6.07, 6.45) is 4.65. The van der Waals surface area contributed by atoms with Crippen LogP contribution in [0.2, 0.25) is 0 Å². The number of aryl methyl sites for hydroxylation is 2. The number of nitrogens with one attached hydrogen (secondary N) is 1. The third-order valence-corrected chi connectivity index (χ3v) is 6.51.